The Morgan fingerprint density at radius 3 is 2.88 bits per heavy atom. The number of nitrogen functional groups attached to an aromatic ring is 1. The lowest BCUT2D eigenvalue weighted by molar-refractivity contribution is 0.679. The number of hydrogen-bond donors (Lipinski definition) is 2. The van der Waals surface area contributed by atoms with Gasteiger partial charge in [0.15, 0.2) is 0 Å². The Bertz CT molecular complexity index is 392. The van der Waals surface area contributed by atoms with E-state index < -0.39 is 0 Å². The molecule has 0 aromatic heterocycles. The fourth-order valence-corrected chi connectivity index (χ4v) is 2.46. The van der Waals surface area contributed by atoms with Crippen molar-refractivity contribution in [1.82, 2.24) is 0 Å². The highest BCUT2D eigenvalue weighted by atomic mass is 35.5. The lowest BCUT2D eigenvalue weighted by Crippen LogP contribution is -2.06. The summed E-state index contributed by atoms with van der Waals surface area (Å²) in [5.74, 6) is 0. The molecule has 17 heavy (non-hydrogen) atoms. The summed E-state index contributed by atoms with van der Waals surface area (Å²) in [6, 6.07) is 5.60. The third kappa shape index (κ3) is 3.40. The second-order valence-electron chi connectivity index (χ2n) is 4.49. The van der Waals surface area contributed by atoms with Crippen LogP contribution in [0.4, 0.5) is 11.4 Å². The van der Waals surface area contributed by atoms with Crippen LogP contribution in [0.25, 0.3) is 0 Å². The van der Waals surface area contributed by atoms with E-state index in [1.54, 1.807) is 5.57 Å². The van der Waals surface area contributed by atoms with E-state index in [0.717, 1.165) is 24.3 Å². The quantitative estimate of drug-likeness (QED) is 0.620. The van der Waals surface area contributed by atoms with Gasteiger partial charge in [0.2, 0.25) is 0 Å². The maximum atomic E-state index is 6.09. The molecular weight excluding hydrogens is 232 g/mol. The summed E-state index contributed by atoms with van der Waals surface area (Å²) in [6.45, 7) is 0.903. The van der Waals surface area contributed by atoms with Crippen molar-refractivity contribution < 1.29 is 0 Å². The predicted molar refractivity (Wildman–Crippen MR) is 75.5 cm³/mol. The predicted octanol–water partition coefficient (Wildman–Crippen LogP) is 4.22. The number of benzene rings is 1. The first-order valence-electron chi connectivity index (χ1n) is 6.23. The molecule has 2 nitrogen and oxygen atoms in total. The zero-order valence-electron chi connectivity index (χ0n) is 10.0. The van der Waals surface area contributed by atoms with Gasteiger partial charge in [-0.2, -0.15) is 0 Å². The fourth-order valence-electron chi connectivity index (χ4n) is 2.21. The van der Waals surface area contributed by atoms with Gasteiger partial charge in [-0.15, -0.1) is 0 Å². The van der Waals surface area contributed by atoms with Crippen LogP contribution < -0.4 is 11.1 Å². The van der Waals surface area contributed by atoms with E-state index in [1.165, 1.54) is 25.7 Å². The molecule has 1 aromatic carbocycles. The van der Waals surface area contributed by atoms with Crippen LogP contribution in [0.2, 0.25) is 5.02 Å². The first kappa shape index (κ1) is 12.3. The molecule has 0 amide bonds. The zero-order valence-corrected chi connectivity index (χ0v) is 10.8. The summed E-state index contributed by atoms with van der Waals surface area (Å²) < 4.78 is 0. The molecule has 0 bridgehead atoms. The van der Waals surface area contributed by atoms with E-state index in [4.69, 9.17) is 17.3 Å². The Morgan fingerprint density at radius 2 is 2.18 bits per heavy atom. The van der Waals surface area contributed by atoms with Crippen LogP contribution in [0.15, 0.2) is 29.8 Å². The van der Waals surface area contributed by atoms with Crippen molar-refractivity contribution in [3.05, 3.63) is 34.9 Å². The number of rotatable bonds is 4. The number of anilines is 2. The van der Waals surface area contributed by atoms with E-state index in [1.807, 2.05) is 18.2 Å². The summed E-state index contributed by atoms with van der Waals surface area (Å²) >= 11 is 6.09. The zero-order chi connectivity index (χ0) is 12.1. The van der Waals surface area contributed by atoms with Gasteiger partial charge in [-0.3, -0.25) is 0 Å². The van der Waals surface area contributed by atoms with Crippen LogP contribution in [0.5, 0.6) is 0 Å². The minimum atomic E-state index is 0.697. The van der Waals surface area contributed by atoms with Crippen molar-refractivity contribution in [3.63, 3.8) is 0 Å². The van der Waals surface area contributed by atoms with Crippen LogP contribution in [-0.4, -0.2) is 6.54 Å². The third-order valence-corrected chi connectivity index (χ3v) is 3.49. The molecule has 0 aliphatic heterocycles. The molecule has 1 aliphatic carbocycles. The van der Waals surface area contributed by atoms with E-state index in [9.17, 15) is 0 Å². The highest BCUT2D eigenvalue weighted by Gasteiger charge is 2.06. The summed E-state index contributed by atoms with van der Waals surface area (Å²) in [6.07, 6.45) is 8.63. The lowest BCUT2D eigenvalue weighted by atomic mass is 9.97. The van der Waals surface area contributed by atoms with Crippen molar-refractivity contribution in [2.24, 2.45) is 0 Å². The Labute approximate surface area is 108 Å². The average molecular weight is 251 g/mol. The molecule has 0 saturated heterocycles. The van der Waals surface area contributed by atoms with Crippen LogP contribution in [0, 0.1) is 0 Å². The number of allylic oxidation sites excluding steroid dienone is 1. The van der Waals surface area contributed by atoms with Crippen molar-refractivity contribution in [1.29, 1.82) is 0 Å². The summed E-state index contributed by atoms with van der Waals surface area (Å²) in [7, 11) is 0. The molecule has 0 heterocycles. The van der Waals surface area contributed by atoms with Crippen molar-refractivity contribution in [3.8, 4) is 0 Å². The lowest BCUT2D eigenvalue weighted by Gasteiger charge is -2.15. The minimum absolute atomic E-state index is 0.697. The number of nitrogens with two attached hydrogens (primary N) is 1. The van der Waals surface area contributed by atoms with Gasteiger partial charge >= 0.3 is 0 Å². The Hall–Kier alpha value is -1.15. The molecule has 0 spiro atoms. The third-order valence-electron chi connectivity index (χ3n) is 3.18. The molecule has 0 atom stereocenters. The second kappa shape index (κ2) is 5.97. The van der Waals surface area contributed by atoms with Gasteiger partial charge in [-0.1, -0.05) is 29.3 Å². The molecule has 1 aliphatic rings. The van der Waals surface area contributed by atoms with Gasteiger partial charge in [0, 0.05) is 6.54 Å². The first-order chi connectivity index (χ1) is 8.27. The average Bonchev–Trinajstić information content (AvgIpc) is 2.34. The number of hydrogen-bond acceptors (Lipinski definition) is 2. The van der Waals surface area contributed by atoms with Gasteiger partial charge < -0.3 is 11.1 Å². The largest absolute Gasteiger partial charge is 0.397 e. The maximum Gasteiger partial charge on any atom is 0.0763 e. The van der Waals surface area contributed by atoms with Gasteiger partial charge in [-0.25, -0.2) is 0 Å². The van der Waals surface area contributed by atoms with Crippen LogP contribution in [-0.2, 0) is 0 Å². The fraction of sp³-hybridized carbons (Fsp3) is 0.429. The van der Waals surface area contributed by atoms with Gasteiger partial charge in [0.05, 0.1) is 16.4 Å². The van der Waals surface area contributed by atoms with Crippen LogP contribution in [0.3, 0.4) is 0 Å². The number of para-hydroxylation sites is 1. The molecule has 1 aromatic rings. The number of nitrogens with one attached hydrogen (secondary N) is 1. The van der Waals surface area contributed by atoms with Crippen LogP contribution in [0.1, 0.15) is 32.1 Å². The standard InChI is InChI=1S/C14H19ClN2/c15-12-7-4-8-13(16)14(12)17-10-9-11-5-2-1-3-6-11/h4-5,7-8,17H,1-3,6,9-10,16H2. The SMILES string of the molecule is Nc1cccc(Cl)c1NCCC1=CCCCC1. The van der Waals surface area contributed by atoms with Gasteiger partial charge in [0.25, 0.3) is 0 Å². The normalized spacial score (nSPS) is 15.5. The molecule has 3 N–H and O–H groups in total. The van der Waals surface area contributed by atoms with Crippen LogP contribution >= 0.6 is 11.6 Å². The Kier molecular flexibility index (Phi) is 4.32. The van der Waals surface area contributed by atoms with E-state index in [2.05, 4.69) is 11.4 Å². The molecule has 0 fully saturated rings. The molecule has 92 valence electrons. The molecule has 0 saturated carbocycles. The van der Waals surface area contributed by atoms with Gasteiger partial charge in [-0.05, 0) is 44.2 Å². The minimum Gasteiger partial charge on any atom is -0.397 e. The summed E-state index contributed by atoms with van der Waals surface area (Å²) in [5, 5.41) is 4.03. The molecule has 0 radical (unpaired) electrons. The summed E-state index contributed by atoms with van der Waals surface area (Å²) in [4.78, 5) is 0. The van der Waals surface area contributed by atoms with E-state index in [0.29, 0.717) is 5.02 Å². The van der Waals surface area contributed by atoms with Crippen molar-refractivity contribution in [2.75, 3.05) is 17.6 Å². The topological polar surface area (TPSA) is 38.0 Å². The molecular formula is C14H19ClN2. The molecule has 3 heteroatoms. The second-order valence-corrected chi connectivity index (χ2v) is 4.90. The highest BCUT2D eigenvalue weighted by molar-refractivity contribution is 6.33. The highest BCUT2D eigenvalue weighted by Crippen LogP contribution is 2.28. The smallest absolute Gasteiger partial charge is 0.0763 e. The Balaban J connectivity index is 1.87. The Morgan fingerprint density at radius 1 is 1.29 bits per heavy atom. The maximum absolute atomic E-state index is 6.09. The molecule has 2 rings (SSSR count). The van der Waals surface area contributed by atoms with Crippen molar-refractivity contribution >= 4 is 23.0 Å². The summed E-state index contributed by atoms with van der Waals surface area (Å²) in [5.41, 5.74) is 9.03. The molecule has 0 unspecified atom stereocenters. The number of halogens is 1. The monoisotopic (exact) mass is 250 g/mol. The van der Waals surface area contributed by atoms with E-state index in [-0.39, 0.29) is 0 Å². The van der Waals surface area contributed by atoms with E-state index >= 15 is 0 Å². The van der Waals surface area contributed by atoms with Gasteiger partial charge in [0.1, 0.15) is 0 Å². The first-order valence-corrected chi connectivity index (χ1v) is 6.61. The van der Waals surface area contributed by atoms with Crippen molar-refractivity contribution in [2.45, 2.75) is 32.1 Å².